The van der Waals surface area contributed by atoms with Crippen molar-refractivity contribution in [2.24, 2.45) is 0 Å². The molecule has 0 radical (unpaired) electrons. The van der Waals surface area contributed by atoms with Crippen LogP contribution in [-0.4, -0.2) is 36.2 Å². The second-order valence-corrected chi connectivity index (χ2v) is 5.29. The summed E-state index contributed by atoms with van der Waals surface area (Å²) in [5.74, 6) is 0.355. The van der Waals surface area contributed by atoms with E-state index in [-0.39, 0.29) is 11.6 Å². The minimum Gasteiger partial charge on any atom is -0.472 e. The molecule has 0 aliphatic carbocycles. The topological polar surface area (TPSA) is 68.7 Å². The number of nitrogens with zero attached hydrogens (tertiary/aromatic N) is 2. The summed E-state index contributed by atoms with van der Waals surface area (Å²) >= 11 is 0. The Morgan fingerprint density at radius 1 is 1.25 bits per heavy atom. The van der Waals surface area contributed by atoms with Gasteiger partial charge in [-0.15, -0.1) is 0 Å². The molecule has 3 aromatic rings. The van der Waals surface area contributed by atoms with Crippen LogP contribution >= 0.6 is 0 Å². The van der Waals surface area contributed by atoms with Crippen LogP contribution in [0.1, 0.15) is 16.1 Å². The van der Waals surface area contributed by atoms with Crippen LogP contribution in [0.25, 0.3) is 11.3 Å². The van der Waals surface area contributed by atoms with E-state index < -0.39 is 0 Å². The predicted molar refractivity (Wildman–Crippen MR) is 87.3 cm³/mol. The molecule has 0 bridgehead atoms. The van der Waals surface area contributed by atoms with E-state index in [9.17, 15) is 4.79 Å². The van der Waals surface area contributed by atoms with Crippen LogP contribution in [0.15, 0.2) is 63.9 Å². The molecule has 124 valence electrons. The maximum absolute atomic E-state index is 12.7. The molecule has 0 aliphatic heterocycles. The Kier molecular flexibility index (Phi) is 5.08. The molecule has 0 unspecified atom stereocenters. The van der Waals surface area contributed by atoms with Crippen LogP contribution in [0.3, 0.4) is 0 Å². The monoisotopic (exact) mass is 326 g/mol. The molecule has 6 heteroatoms. The van der Waals surface area contributed by atoms with Gasteiger partial charge in [-0.25, -0.2) is 0 Å². The van der Waals surface area contributed by atoms with Gasteiger partial charge in [0.05, 0.1) is 19.1 Å². The lowest BCUT2D eigenvalue weighted by molar-refractivity contribution is 0.0670. The van der Waals surface area contributed by atoms with Gasteiger partial charge in [-0.3, -0.25) is 4.79 Å². The summed E-state index contributed by atoms with van der Waals surface area (Å²) in [4.78, 5) is 14.4. The number of hydrogen-bond donors (Lipinski definition) is 0. The number of ether oxygens (including phenoxy) is 1. The van der Waals surface area contributed by atoms with Crippen LogP contribution in [0, 0.1) is 0 Å². The van der Waals surface area contributed by atoms with Gasteiger partial charge in [0.2, 0.25) is 0 Å². The first-order chi connectivity index (χ1) is 11.8. The summed E-state index contributed by atoms with van der Waals surface area (Å²) in [7, 11) is 1.60. The Hall–Kier alpha value is -2.86. The molecule has 0 aliphatic rings. The summed E-state index contributed by atoms with van der Waals surface area (Å²) < 4.78 is 15.5. The van der Waals surface area contributed by atoms with Crippen molar-refractivity contribution in [3.05, 3.63) is 66.2 Å². The third kappa shape index (κ3) is 3.72. The molecule has 24 heavy (non-hydrogen) atoms. The third-order valence-corrected chi connectivity index (χ3v) is 3.59. The van der Waals surface area contributed by atoms with Crippen molar-refractivity contribution in [2.45, 2.75) is 6.54 Å². The van der Waals surface area contributed by atoms with Crippen LogP contribution in [0.5, 0.6) is 0 Å². The molecule has 0 atom stereocenters. The smallest absolute Gasteiger partial charge is 0.276 e. The Bertz CT molecular complexity index is 765. The number of rotatable bonds is 7. The van der Waals surface area contributed by atoms with Crippen molar-refractivity contribution < 1.29 is 18.5 Å². The molecule has 0 N–H and O–H groups in total. The summed E-state index contributed by atoms with van der Waals surface area (Å²) in [5.41, 5.74) is 2.06. The molecule has 2 aromatic heterocycles. The molecule has 1 aromatic carbocycles. The van der Waals surface area contributed by atoms with Gasteiger partial charge in [-0.2, -0.15) is 0 Å². The summed E-state index contributed by atoms with van der Waals surface area (Å²) in [6, 6.07) is 13.0. The molecule has 6 nitrogen and oxygen atoms in total. The van der Waals surface area contributed by atoms with Crippen LogP contribution < -0.4 is 0 Å². The molecular formula is C18H18N2O4. The van der Waals surface area contributed by atoms with E-state index in [1.54, 1.807) is 30.6 Å². The number of furan rings is 1. The van der Waals surface area contributed by atoms with E-state index in [1.165, 1.54) is 0 Å². The fourth-order valence-corrected chi connectivity index (χ4v) is 2.33. The zero-order chi connectivity index (χ0) is 16.8. The van der Waals surface area contributed by atoms with Gasteiger partial charge in [-0.05, 0) is 6.07 Å². The fraction of sp³-hybridized carbons (Fsp3) is 0.222. The second kappa shape index (κ2) is 7.61. The van der Waals surface area contributed by atoms with Crippen molar-refractivity contribution in [1.82, 2.24) is 10.1 Å². The minimum absolute atomic E-state index is 0.209. The zero-order valence-electron chi connectivity index (χ0n) is 13.3. The highest BCUT2D eigenvalue weighted by atomic mass is 16.5. The molecule has 3 rings (SSSR count). The lowest BCUT2D eigenvalue weighted by Gasteiger charge is -2.20. The Labute approximate surface area is 139 Å². The Morgan fingerprint density at radius 2 is 2.08 bits per heavy atom. The number of carbonyl (C=O) groups excluding carboxylic acids is 1. The van der Waals surface area contributed by atoms with Crippen molar-refractivity contribution in [2.75, 3.05) is 20.3 Å². The van der Waals surface area contributed by atoms with Gasteiger partial charge in [-0.1, -0.05) is 35.5 Å². The van der Waals surface area contributed by atoms with Crippen molar-refractivity contribution in [3.8, 4) is 11.3 Å². The molecular weight excluding hydrogens is 308 g/mol. The highest BCUT2D eigenvalue weighted by molar-refractivity contribution is 5.93. The molecule has 0 fully saturated rings. The zero-order valence-corrected chi connectivity index (χ0v) is 13.3. The normalized spacial score (nSPS) is 10.7. The van der Waals surface area contributed by atoms with E-state index >= 15 is 0 Å². The minimum atomic E-state index is -0.209. The predicted octanol–water partition coefficient (Wildman–Crippen LogP) is 3.22. The standard InChI is InChI=1S/C18H18N2O4/c1-22-10-8-20(12-14-7-9-23-13-14)18(21)16-11-17(24-19-16)15-5-3-2-4-6-15/h2-7,9,11,13H,8,10,12H2,1H3. The van der Waals surface area contributed by atoms with Crippen molar-refractivity contribution >= 4 is 5.91 Å². The average molecular weight is 326 g/mol. The van der Waals surface area contributed by atoms with Gasteiger partial charge in [0.1, 0.15) is 0 Å². The first-order valence-electron chi connectivity index (χ1n) is 7.59. The first-order valence-corrected chi connectivity index (χ1v) is 7.59. The second-order valence-electron chi connectivity index (χ2n) is 5.29. The number of amides is 1. The molecule has 2 heterocycles. The van der Waals surface area contributed by atoms with Gasteiger partial charge < -0.3 is 18.6 Å². The maximum atomic E-state index is 12.7. The highest BCUT2D eigenvalue weighted by Gasteiger charge is 2.21. The van der Waals surface area contributed by atoms with E-state index in [4.69, 9.17) is 13.7 Å². The first kappa shape index (κ1) is 16.0. The van der Waals surface area contributed by atoms with Crippen molar-refractivity contribution in [1.29, 1.82) is 0 Å². The lowest BCUT2D eigenvalue weighted by atomic mass is 10.1. The number of benzene rings is 1. The molecule has 0 saturated carbocycles. The molecule has 1 amide bonds. The van der Waals surface area contributed by atoms with Crippen LogP contribution in [0.2, 0.25) is 0 Å². The van der Waals surface area contributed by atoms with Gasteiger partial charge >= 0.3 is 0 Å². The number of methoxy groups -OCH3 is 1. The van der Waals surface area contributed by atoms with E-state index in [0.717, 1.165) is 11.1 Å². The SMILES string of the molecule is COCCN(Cc1ccoc1)C(=O)c1cc(-c2ccccc2)on1. The molecule has 0 spiro atoms. The highest BCUT2D eigenvalue weighted by Crippen LogP contribution is 2.21. The quantitative estimate of drug-likeness (QED) is 0.667. The maximum Gasteiger partial charge on any atom is 0.276 e. The summed E-state index contributed by atoms with van der Waals surface area (Å²) in [5, 5.41) is 3.92. The number of aromatic nitrogens is 1. The third-order valence-electron chi connectivity index (χ3n) is 3.59. The van der Waals surface area contributed by atoms with Crippen LogP contribution in [0.4, 0.5) is 0 Å². The average Bonchev–Trinajstić information content (AvgIpc) is 3.30. The number of carbonyl (C=O) groups is 1. The van der Waals surface area contributed by atoms with Crippen LogP contribution in [-0.2, 0) is 11.3 Å². The van der Waals surface area contributed by atoms with Gasteiger partial charge in [0.15, 0.2) is 11.5 Å². The Morgan fingerprint density at radius 3 is 2.79 bits per heavy atom. The lowest BCUT2D eigenvalue weighted by Crippen LogP contribution is -2.33. The summed E-state index contributed by atoms with van der Waals surface area (Å²) in [6.45, 7) is 1.31. The number of hydrogen-bond acceptors (Lipinski definition) is 5. The summed E-state index contributed by atoms with van der Waals surface area (Å²) in [6.07, 6.45) is 3.20. The van der Waals surface area contributed by atoms with E-state index in [1.807, 2.05) is 36.4 Å². The van der Waals surface area contributed by atoms with E-state index in [2.05, 4.69) is 5.16 Å². The van der Waals surface area contributed by atoms with E-state index in [0.29, 0.717) is 25.5 Å². The largest absolute Gasteiger partial charge is 0.472 e. The molecule has 0 saturated heterocycles. The fourth-order valence-electron chi connectivity index (χ4n) is 2.33. The van der Waals surface area contributed by atoms with Crippen molar-refractivity contribution in [3.63, 3.8) is 0 Å². The van der Waals surface area contributed by atoms with Gasteiger partial charge in [0.25, 0.3) is 5.91 Å². The Balaban J connectivity index is 1.78. The van der Waals surface area contributed by atoms with Gasteiger partial charge in [0, 0.05) is 37.4 Å².